The molecule has 1 aromatic rings. The lowest BCUT2D eigenvalue weighted by molar-refractivity contribution is 0.418. The predicted molar refractivity (Wildman–Crippen MR) is 96.0 cm³/mol. The monoisotopic (exact) mass is 352 g/mol. The average molecular weight is 353 g/mol. The predicted octanol–water partition coefficient (Wildman–Crippen LogP) is 4.89. The van der Waals surface area contributed by atoms with Crippen LogP contribution in [0.2, 0.25) is 0 Å². The summed E-state index contributed by atoms with van der Waals surface area (Å²) in [4.78, 5) is 2.58. The van der Waals surface area contributed by atoms with Crippen molar-refractivity contribution in [3.05, 3.63) is 28.2 Å². The van der Waals surface area contributed by atoms with Crippen molar-refractivity contribution in [3.8, 4) is 0 Å². The van der Waals surface area contributed by atoms with Gasteiger partial charge in [0.1, 0.15) is 0 Å². The Kier molecular flexibility index (Phi) is 6.56. The van der Waals surface area contributed by atoms with E-state index in [-0.39, 0.29) is 6.04 Å². The molecule has 1 unspecified atom stereocenters. The highest BCUT2D eigenvalue weighted by atomic mass is 79.9. The van der Waals surface area contributed by atoms with Gasteiger partial charge in [-0.3, -0.25) is 0 Å². The van der Waals surface area contributed by atoms with E-state index in [0.29, 0.717) is 6.04 Å². The number of anilines is 1. The van der Waals surface area contributed by atoms with Gasteiger partial charge in [-0.2, -0.15) is 0 Å². The zero-order chi connectivity index (χ0) is 15.2. The summed E-state index contributed by atoms with van der Waals surface area (Å²) in [5, 5.41) is 0. The largest absolute Gasteiger partial charge is 0.368 e. The molecule has 0 aliphatic heterocycles. The number of nitrogens with zero attached hydrogens (tertiary/aromatic N) is 1. The Morgan fingerprint density at radius 1 is 1.24 bits per heavy atom. The Morgan fingerprint density at radius 2 is 1.95 bits per heavy atom. The van der Waals surface area contributed by atoms with Crippen LogP contribution in [0.1, 0.15) is 57.9 Å². The van der Waals surface area contributed by atoms with Gasteiger partial charge in [0.05, 0.1) is 5.69 Å². The summed E-state index contributed by atoms with van der Waals surface area (Å²) in [5.41, 5.74) is 8.75. The van der Waals surface area contributed by atoms with E-state index >= 15 is 0 Å². The highest BCUT2D eigenvalue weighted by molar-refractivity contribution is 9.10. The molecule has 0 radical (unpaired) electrons. The third-order valence-electron chi connectivity index (χ3n) is 4.70. The van der Waals surface area contributed by atoms with Crippen molar-refractivity contribution in [3.63, 3.8) is 0 Å². The van der Waals surface area contributed by atoms with Gasteiger partial charge in [0.2, 0.25) is 0 Å². The molecule has 1 aliphatic carbocycles. The van der Waals surface area contributed by atoms with Crippen LogP contribution >= 0.6 is 15.9 Å². The van der Waals surface area contributed by atoms with E-state index in [9.17, 15) is 0 Å². The fourth-order valence-corrected chi connectivity index (χ4v) is 4.03. The molecule has 3 heteroatoms. The first-order valence-corrected chi connectivity index (χ1v) is 9.25. The number of hydrogen-bond donors (Lipinski definition) is 1. The molecular weight excluding hydrogens is 324 g/mol. The summed E-state index contributed by atoms with van der Waals surface area (Å²) in [6.45, 7) is 5.50. The maximum atomic E-state index is 6.07. The van der Waals surface area contributed by atoms with Crippen molar-refractivity contribution in [1.82, 2.24) is 0 Å². The molecule has 0 saturated heterocycles. The second kappa shape index (κ2) is 8.19. The molecule has 0 spiro atoms. The van der Waals surface area contributed by atoms with Gasteiger partial charge in [0.25, 0.3) is 0 Å². The van der Waals surface area contributed by atoms with Crippen LogP contribution in [0.3, 0.4) is 0 Å². The van der Waals surface area contributed by atoms with Crippen LogP contribution in [0.4, 0.5) is 5.69 Å². The molecule has 1 atom stereocenters. The number of rotatable bonds is 6. The third-order valence-corrected chi connectivity index (χ3v) is 5.34. The normalized spacial score (nSPS) is 17.7. The topological polar surface area (TPSA) is 29.3 Å². The summed E-state index contributed by atoms with van der Waals surface area (Å²) in [6.07, 6.45) is 8.83. The van der Waals surface area contributed by atoms with Crippen molar-refractivity contribution in [2.45, 2.75) is 70.9 Å². The van der Waals surface area contributed by atoms with Crippen LogP contribution < -0.4 is 10.6 Å². The lowest BCUT2D eigenvalue weighted by Gasteiger charge is -2.36. The first kappa shape index (κ1) is 16.8. The highest BCUT2D eigenvalue weighted by Gasteiger charge is 2.21. The summed E-state index contributed by atoms with van der Waals surface area (Å²) in [5.74, 6) is 0. The third kappa shape index (κ3) is 4.46. The van der Waals surface area contributed by atoms with Crippen LogP contribution in [-0.4, -0.2) is 18.6 Å². The zero-order valence-corrected chi connectivity index (χ0v) is 15.0. The molecule has 2 N–H and O–H groups in total. The molecular formula is C18H29BrN2. The van der Waals surface area contributed by atoms with E-state index in [1.54, 1.807) is 0 Å². The van der Waals surface area contributed by atoms with E-state index in [2.05, 4.69) is 52.9 Å². The van der Waals surface area contributed by atoms with Crippen molar-refractivity contribution in [1.29, 1.82) is 0 Å². The molecule has 2 rings (SSSR count). The van der Waals surface area contributed by atoms with Gasteiger partial charge in [0, 0.05) is 23.1 Å². The minimum absolute atomic E-state index is 0.267. The number of benzene rings is 1. The van der Waals surface area contributed by atoms with E-state index in [4.69, 9.17) is 5.73 Å². The number of hydrogen-bond acceptors (Lipinski definition) is 2. The second-order valence-electron chi connectivity index (χ2n) is 6.24. The Morgan fingerprint density at radius 3 is 2.52 bits per heavy atom. The second-order valence-corrected chi connectivity index (χ2v) is 7.09. The van der Waals surface area contributed by atoms with Gasteiger partial charge >= 0.3 is 0 Å². The Balaban J connectivity index is 2.14. The van der Waals surface area contributed by atoms with Crippen molar-refractivity contribution in [2.24, 2.45) is 5.73 Å². The summed E-state index contributed by atoms with van der Waals surface area (Å²) >= 11 is 3.78. The van der Waals surface area contributed by atoms with Crippen molar-refractivity contribution >= 4 is 21.6 Å². The van der Waals surface area contributed by atoms with Gasteiger partial charge in [-0.05, 0) is 66.2 Å². The van der Waals surface area contributed by atoms with Crippen LogP contribution in [0.25, 0.3) is 0 Å². The van der Waals surface area contributed by atoms with E-state index in [0.717, 1.165) is 19.4 Å². The fourth-order valence-electron chi connectivity index (χ4n) is 3.38. The molecule has 0 bridgehead atoms. The molecule has 0 aromatic heterocycles. The van der Waals surface area contributed by atoms with Crippen molar-refractivity contribution in [2.75, 3.05) is 11.4 Å². The van der Waals surface area contributed by atoms with Crippen molar-refractivity contribution < 1.29 is 0 Å². The fraction of sp³-hybridized carbons (Fsp3) is 0.667. The van der Waals surface area contributed by atoms with Crippen LogP contribution in [0.5, 0.6) is 0 Å². The maximum Gasteiger partial charge on any atom is 0.0513 e. The van der Waals surface area contributed by atoms with Gasteiger partial charge < -0.3 is 10.6 Å². The molecule has 118 valence electrons. The highest BCUT2D eigenvalue weighted by Crippen LogP contribution is 2.33. The minimum Gasteiger partial charge on any atom is -0.368 e. The molecule has 1 fully saturated rings. The van der Waals surface area contributed by atoms with E-state index in [1.165, 1.54) is 47.8 Å². The molecule has 1 aliphatic rings. The first-order valence-electron chi connectivity index (χ1n) is 8.46. The average Bonchev–Trinajstić information content (AvgIpc) is 2.51. The SMILES string of the molecule is CCC(N)Cc1ccc(N(CC)C2CCCCC2)c(Br)c1. The number of halogens is 1. The smallest absolute Gasteiger partial charge is 0.0513 e. The standard InChI is InChI=1S/C18H29BrN2/c1-3-15(20)12-14-10-11-18(17(19)13-14)21(4-2)16-8-6-5-7-9-16/h10-11,13,15-16H,3-9,12,20H2,1-2H3. The first-order chi connectivity index (χ1) is 10.2. The minimum atomic E-state index is 0.267. The molecule has 21 heavy (non-hydrogen) atoms. The van der Waals surface area contributed by atoms with Gasteiger partial charge in [-0.1, -0.05) is 32.3 Å². The molecule has 1 saturated carbocycles. The lowest BCUT2D eigenvalue weighted by atomic mass is 9.93. The zero-order valence-electron chi connectivity index (χ0n) is 13.4. The van der Waals surface area contributed by atoms with Crippen LogP contribution in [0, 0.1) is 0 Å². The molecule has 0 heterocycles. The summed E-state index contributed by atoms with van der Waals surface area (Å²) in [7, 11) is 0. The van der Waals surface area contributed by atoms with E-state index in [1.807, 2.05) is 0 Å². The molecule has 0 amide bonds. The van der Waals surface area contributed by atoms with Gasteiger partial charge in [-0.15, -0.1) is 0 Å². The van der Waals surface area contributed by atoms with E-state index < -0.39 is 0 Å². The molecule has 2 nitrogen and oxygen atoms in total. The maximum absolute atomic E-state index is 6.07. The molecule has 1 aromatic carbocycles. The number of nitrogens with two attached hydrogens (primary N) is 1. The lowest BCUT2D eigenvalue weighted by Crippen LogP contribution is -2.36. The Bertz CT molecular complexity index is 441. The van der Waals surface area contributed by atoms with Gasteiger partial charge in [-0.25, -0.2) is 0 Å². The quantitative estimate of drug-likeness (QED) is 0.789. The van der Waals surface area contributed by atoms with Crippen LogP contribution in [-0.2, 0) is 6.42 Å². The van der Waals surface area contributed by atoms with Gasteiger partial charge in [0.15, 0.2) is 0 Å². The Labute approximate surface area is 138 Å². The Hall–Kier alpha value is -0.540. The van der Waals surface area contributed by atoms with Crippen LogP contribution in [0.15, 0.2) is 22.7 Å². The summed E-state index contributed by atoms with van der Waals surface area (Å²) in [6, 6.07) is 7.77. The summed E-state index contributed by atoms with van der Waals surface area (Å²) < 4.78 is 1.22.